The Bertz CT molecular complexity index is 1260. The number of ether oxygens (including phenoxy) is 2. The first-order valence-corrected chi connectivity index (χ1v) is 13.0. The minimum Gasteiger partial charge on any atom is -0.486 e. The van der Waals surface area contributed by atoms with Gasteiger partial charge in [-0.2, -0.15) is 0 Å². The Hall–Kier alpha value is -4.12. The smallest absolute Gasteiger partial charge is 0.290 e. The van der Waals surface area contributed by atoms with Crippen LogP contribution < -0.4 is 14.8 Å². The van der Waals surface area contributed by atoms with Crippen molar-refractivity contribution in [1.29, 1.82) is 0 Å². The summed E-state index contributed by atoms with van der Waals surface area (Å²) in [6, 6.07) is 14.9. The molecule has 4 aliphatic rings. The molecule has 206 valence electrons. The normalized spacial score (nSPS) is 25.4. The van der Waals surface area contributed by atoms with Crippen LogP contribution in [-0.2, 0) is 24.6 Å². The Balaban J connectivity index is 0.000000983. The molecular formula is C28H32N4O7. The third-order valence-corrected chi connectivity index (χ3v) is 7.93. The first-order chi connectivity index (χ1) is 18.9. The molecule has 2 aromatic carbocycles. The van der Waals surface area contributed by atoms with Crippen molar-refractivity contribution >= 4 is 29.9 Å². The van der Waals surface area contributed by atoms with Crippen LogP contribution in [0.25, 0.3) is 0 Å². The van der Waals surface area contributed by atoms with Crippen molar-refractivity contribution in [1.82, 2.24) is 14.7 Å². The number of carbonyl (C=O) groups is 4. The molecule has 0 radical (unpaired) electrons. The van der Waals surface area contributed by atoms with Crippen molar-refractivity contribution in [2.45, 2.75) is 17.9 Å². The standard InChI is InChI=1S/C27H30N4O5.CH2O2/c1-29-10-12-30(13-11-29)25(33)20-15-31(17-27(20)19-6-2-3-7-21(19)28-26(27)34)24(32)14-18-16-35-22-8-4-5-9-23(22)36-18;2-1-3/h2-9,18,20H,10-17H2,1H3,(H,28,34);1H,(H,2,3). The Labute approximate surface area is 226 Å². The van der Waals surface area contributed by atoms with Crippen LogP contribution in [0.2, 0.25) is 0 Å². The molecule has 0 bridgehead atoms. The van der Waals surface area contributed by atoms with Gasteiger partial charge >= 0.3 is 0 Å². The molecule has 39 heavy (non-hydrogen) atoms. The molecule has 3 unspecified atom stereocenters. The van der Waals surface area contributed by atoms with Gasteiger partial charge in [-0.05, 0) is 30.8 Å². The van der Waals surface area contributed by atoms with Gasteiger partial charge < -0.3 is 34.6 Å². The van der Waals surface area contributed by atoms with E-state index in [1.165, 1.54) is 0 Å². The highest BCUT2D eigenvalue weighted by Crippen LogP contribution is 2.48. The van der Waals surface area contributed by atoms with Crippen molar-refractivity contribution in [2.24, 2.45) is 5.92 Å². The van der Waals surface area contributed by atoms with E-state index in [-0.39, 0.29) is 50.3 Å². The minimum absolute atomic E-state index is 0.0589. The van der Waals surface area contributed by atoms with Gasteiger partial charge in [0.25, 0.3) is 6.47 Å². The highest BCUT2D eigenvalue weighted by Gasteiger charge is 2.61. The number of rotatable bonds is 3. The summed E-state index contributed by atoms with van der Waals surface area (Å²) in [4.78, 5) is 55.0. The second-order valence-electron chi connectivity index (χ2n) is 10.2. The maximum atomic E-state index is 13.9. The van der Waals surface area contributed by atoms with E-state index in [9.17, 15) is 14.4 Å². The maximum absolute atomic E-state index is 13.9. The number of fused-ring (bicyclic) bond motifs is 3. The summed E-state index contributed by atoms with van der Waals surface area (Å²) in [5, 5.41) is 9.87. The van der Waals surface area contributed by atoms with E-state index in [0.29, 0.717) is 30.3 Å². The number of carbonyl (C=O) groups excluding carboxylic acids is 3. The largest absolute Gasteiger partial charge is 0.486 e. The molecular weight excluding hydrogens is 504 g/mol. The molecule has 0 aliphatic carbocycles. The fourth-order valence-electron chi connectivity index (χ4n) is 5.91. The van der Waals surface area contributed by atoms with Crippen LogP contribution in [0.1, 0.15) is 12.0 Å². The minimum atomic E-state index is -1.09. The Kier molecular flexibility index (Phi) is 7.42. The topological polar surface area (TPSA) is 129 Å². The molecule has 11 heteroatoms. The lowest BCUT2D eigenvalue weighted by atomic mass is 9.72. The lowest BCUT2D eigenvalue weighted by Crippen LogP contribution is -2.54. The number of anilines is 1. The van der Waals surface area contributed by atoms with Gasteiger partial charge in [0.15, 0.2) is 11.5 Å². The zero-order valence-corrected chi connectivity index (χ0v) is 21.7. The number of para-hydroxylation sites is 3. The lowest BCUT2D eigenvalue weighted by molar-refractivity contribution is -0.141. The van der Waals surface area contributed by atoms with E-state index in [1.807, 2.05) is 60.5 Å². The van der Waals surface area contributed by atoms with Gasteiger partial charge in [0.05, 0.1) is 12.3 Å². The van der Waals surface area contributed by atoms with Crippen molar-refractivity contribution < 1.29 is 33.8 Å². The van der Waals surface area contributed by atoms with Crippen LogP contribution in [-0.4, -0.2) is 103 Å². The van der Waals surface area contributed by atoms with Crippen LogP contribution in [0.4, 0.5) is 5.69 Å². The van der Waals surface area contributed by atoms with E-state index in [1.54, 1.807) is 4.90 Å². The Morgan fingerprint density at radius 2 is 1.72 bits per heavy atom. The quantitative estimate of drug-likeness (QED) is 0.557. The van der Waals surface area contributed by atoms with Gasteiger partial charge in [0.1, 0.15) is 18.1 Å². The number of hydrogen-bond acceptors (Lipinski definition) is 7. The van der Waals surface area contributed by atoms with E-state index in [2.05, 4.69) is 10.2 Å². The first-order valence-electron chi connectivity index (χ1n) is 13.0. The fourth-order valence-corrected chi connectivity index (χ4v) is 5.91. The summed E-state index contributed by atoms with van der Waals surface area (Å²) < 4.78 is 11.8. The summed E-state index contributed by atoms with van der Waals surface area (Å²) in [5.41, 5.74) is 0.418. The number of benzene rings is 2. The van der Waals surface area contributed by atoms with Crippen molar-refractivity contribution in [3.05, 3.63) is 54.1 Å². The molecule has 2 saturated heterocycles. The van der Waals surface area contributed by atoms with Gasteiger partial charge in [-0.3, -0.25) is 19.2 Å². The van der Waals surface area contributed by atoms with E-state index < -0.39 is 17.4 Å². The third kappa shape index (κ3) is 4.89. The van der Waals surface area contributed by atoms with Crippen LogP contribution in [0, 0.1) is 5.92 Å². The van der Waals surface area contributed by atoms with E-state index >= 15 is 0 Å². The maximum Gasteiger partial charge on any atom is 0.290 e. The predicted octanol–water partition coefficient (Wildman–Crippen LogP) is 1.04. The van der Waals surface area contributed by atoms with Gasteiger partial charge in [-0.25, -0.2) is 0 Å². The highest BCUT2D eigenvalue weighted by molar-refractivity contribution is 6.10. The zero-order chi connectivity index (χ0) is 27.6. The van der Waals surface area contributed by atoms with Crippen LogP contribution in [0.15, 0.2) is 48.5 Å². The zero-order valence-electron chi connectivity index (χ0n) is 21.7. The molecule has 6 rings (SSSR count). The van der Waals surface area contributed by atoms with Gasteiger partial charge in [-0.15, -0.1) is 0 Å². The fraction of sp³-hybridized carbons (Fsp3) is 0.429. The van der Waals surface area contributed by atoms with Crippen molar-refractivity contribution in [2.75, 3.05) is 58.2 Å². The molecule has 3 atom stereocenters. The molecule has 2 aromatic rings. The summed E-state index contributed by atoms with van der Waals surface area (Å²) in [5.74, 6) is 0.227. The third-order valence-electron chi connectivity index (χ3n) is 7.93. The van der Waals surface area contributed by atoms with Gasteiger partial charge in [-0.1, -0.05) is 30.3 Å². The van der Waals surface area contributed by atoms with Gasteiger partial charge in [0, 0.05) is 45.0 Å². The number of likely N-dealkylation sites (tertiary alicyclic amines) is 1. The van der Waals surface area contributed by atoms with E-state index in [0.717, 1.165) is 18.7 Å². The van der Waals surface area contributed by atoms with Crippen molar-refractivity contribution in [3.8, 4) is 11.5 Å². The SMILES string of the molecule is CN1CCN(C(=O)C2CN(C(=O)CC3COc4ccccc4O3)CC23C(=O)Nc2ccccc23)CC1.O=CO. The van der Waals surface area contributed by atoms with Crippen LogP contribution >= 0.6 is 0 Å². The summed E-state index contributed by atoms with van der Waals surface area (Å²) >= 11 is 0. The number of amides is 3. The summed E-state index contributed by atoms with van der Waals surface area (Å²) in [6.45, 7) is 3.21. The number of carboxylic acid groups (broad SMARTS) is 1. The number of likely N-dealkylation sites (N-methyl/N-ethyl adjacent to an activating group) is 1. The second kappa shape index (κ2) is 10.9. The lowest BCUT2D eigenvalue weighted by Gasteiger charge is -2.36. The Morgan fingerprint density at radius 1 is 1.05 bits per heavy atom. The predicted molar refractivity (Wildman–Crippen MR) is 141 cm³/mol. The molecule has 11 nitrogen and oxygen atoms in total. The highest BCUT2D eigenvalue weighted by atomic mass is 16.6. The Morgan fingerprint density at radius 3 is 2.46 bits per heavy atom. The molecule has 3 amide bonds. The van der Waals surface area contributed by atoms with Crippen LogP contribution in [0.5, 0.6) is 11.5 Å². The average molecular weight is 537 g/mol. The molecule has 1 spiro atoms. The molecule has 0 saturated carbocycles. The molecule has 2 fully saturated rings. The number of hydrogen-bond donors (Lipinski definition) is 2. The average Bonchev–Trinajstić information content (AvgIpc) is 3.48. The van der Waals surface area contributed by atoms with E-state index in [4.69, 9.17) is 19.4 Å². The van der Waals surface area contributed by atoms with Crippen LogP contribution in [0.3, 0.4) is 0 Å². The monoisotopic (exact) mass is 536 g/mol. The number of nitrogens with zero attached hydrogens (tertiary/aromatic N) is 3. The summed E-state index contributed by atoms with van der Waals surface area (Å²) in [7, 11) is 2.04. The van der Waals surface area contributed by atoms with Crippen molar-refractivity contribution in [3.63, 3.8) is 0 Å². The number of nitrogens with one attached hydrogen (secondary N) is 1. The number of piperazine rings is 1. The summed E-state index contributed by atoms with van der Waals surface area (Å²) in [6.07, 6.45) is -0.316. The molecule has 0 aromatic heterocycles. The molecule has 4 aliphatic heterocycles. The van der Waals surface area contributed by atoms with Gasteiger partial charge in [0.2, 0.25) is 17.7 Å². The first kappa shape index (κ1) is 26.5. The molecule has 2 N–H and O–H groups in total. The molecule has 4 heterocycles. The second-order valence-corrected chi connectivity index (χ2v) is 10.2.